The van der Waals surface area contributed by atoms with Crippen LogP contribution in [0, 0.1) is 6.92 Å². The van der Waals surface area contributed by atoms with E-state index in [4.69, 9.17) is 9.72 Å². The van der Waals surface area contributed by atoms with Crippen molar-refractivity contribution in [1.82, 2.24) is 9.97 Å². The number of rotatable bonds is 4. The van der Waals surface area contributed by atoms with Crippen LogP contribution in [0.1, 0.15) is 11.1 Å². The highest BCUT2D eigenvalue weighted by atomic mass is 16.5. The summed E-state index contributed by atoms with van der Waals surface area (Å²) in [5, 5.41) is 2.28. The maximum Gasteiger partial charge on any atom is 0.120 e. The second-order valence-electron chi connectivity index (χ2n) is 7.08. The molecule has 0 radical (unpaired) electrons. The Bertz CT molecular complexity index is 1270. The predicted molar refractivity (Wildman–Crippen MR) is 115 cm³/mol. The van der Waals surface area contributed by atoms with Gasteiger partial charge in [-0.2, -0.15) is 0 Å². The Hall–Kier alpha value is -3.59. The Morgan fingerprint density at radius 1 is 0.893 bits per heavy atom. The molecule has 1 N–H and O–H groups in total. The molecule has 2 heterocycles. The second kappa shape index (κ2) is 6.86. The fourth-order valence-electron chi connectivity index (χ4n) is 3.54. The Morgan fingerprint density at radius 2 is 1.79 bits per heavy atom. The van der Waals surface area contributed by atoms with E-state index in [1.165, 1.54) is 5.56 Å². The van der Waals surface area contributed by atoms with Gasteiger partial charge in [0.2, 0.25) is 0 Å². The van der Waals surface area contributed by atoms with Crippen molar-refractivity contribution in [3.63, 3.8) is 0 Å². The third-order valence-electron chi connectivity index (χ3n) is 5.02. The molecule has 0 unspecified atom stereocenters. The Morgan fingerprint density at radius 3 is 2.68 bits per heavy atom. The maximum absolute atomic E-state index is 6.01. The summed E-state index contributed by atoms with van der Waals surface area (Å²) in [6.45, 7) is 2.66. The van der Waals surface area contributed by atoms with Gasteiger partial charge in [0.1, 0.15) is 12.4 Å². The molecule has 0 aliphatic rings. The SMILES string of the molecule is Cc1ccc2nc(-c3c[nH]c4ccc(OCc5ccccc5)cc34)ccc2c1. The van der Waals surface area contributed by atoms with E-state index in [0.29, 0.717) is 6.61 Å². The summed E-state index contributed by atoms with van der Waals surface area (Å²) < 4.78 is 6.01. The molecule has 3 heteroatoms. The van der Waals surface area contributed by atoms with Crippen molar-refractivity contribution in [1.29, 1.82) is 0 Å². The quantitative estimate of drug-likeness (QED) is 0.408. The minimum atomic E-state index is 0.555. The first kappa shape index (κ1) is 16.6. The smallest absolute Gasteiger partial charge is 0.120 e. The number of hydrogen-bond donors (Lipinski definition) is 1. The van der Waals surface area contributed by atoms with Gasteiger partial charge in [0.05, 0.1) is 11.2 Å². The molecule has 0 atom stereocenters. The number of hydrogen-bond acceptors (Lipinski definition) is 2. The van der Waals surface area contributed by atoms with Crippen LogP contribution in [0.4, 0.5) is 0 Å². The van der Waals surface area contributed by atoms with Gasteiger partial charge in [0.15, 0.2) is 0 Å². The first-order valence-corrected chi connectivity index (χ1v) is 9.42. The lowest BCUT2D eigenvalue weighted by atomic mass is 10.1. The highest BCUT2D eigenvalue weighted by Crippen LogP contribution is 2.31. The molecule has 3 nitrogen and oxygen atoms in total. The summed E-state index contributed by atoms with van der Waals surface area (Å²) in [5.74, 6) is 0.855. The summed E-state index contributed by atoms with van der Waals surface area (Å²) >= 11 is 0. The van der Waals surface area contributed by atoms with Gasteiger partial charge in [-0.1, -0.05) is 48.0 Å². The van der Waals surface area contributed by atoms with Gasteiger partial charge in [0.25, 0.3) is 0 Å². The van der Waals surface area contributed by atoms with Gasteiger partial charge in [-0.25, -0.2) is 4.98 Å². The topological polar surface area (TPSA) is 37.9 Å². The molecule has 0 aliphatic carbocycles. The maximum atomic E-state index is 6.01. The first-order valence-electron chi connectivity index (χ1n) is 9.42. The van der Waals surface area contributed by atoms with Crippen LogP contribution in [0.15, 0.2) is 85.1 Å². The van der Waals surface area contributed by atoms with E-state index in [2.05, 4.69) is 66.5 Å². The molecule has 0 saturated carbocycles. The van der Waals surface area contributed by atoms with Gasteiger partial charge >= 0.3 is 0 Å². The average molecular weight is 364 g/mol. The number of aromatic amines is 1. The second-order valence-corrected chi connectivity index (χ2v) is 7.08. The van der Waals surface area contributed by atoms with E-state index in [1.54, 1.807) is 0 Å². The third kappa shape index (κ3) is 3.12. The van der Waals surface area contributed by atoms with E-state index in [9.17, 15) is 0 Å². The summed E-state index contributed by atoms with van der Waals surface area (Å²) in [7, 11) is 0. The van der Waals surface area contributed by atoms with Crippen LogP contribution in [-0.2, 0) is 6.61 Å². The minimum Gasteiger partial charge on any atom is -0.489 e. The van der Waals surface area contributed by atoms with E-state index in [1.807, 2.05) is 30.5 Å². The molecule has 2 aromatic heterocycles. The molecule has 0 spiro atoms. The molecule has 136 valence electrons. The van der Waals surface area contributed by atoms with Crippen molar-refractivity contribution in [3.05, 3.63) is 96.2 Å². The molecule has 0 amide bonds. The summed E-state index contributed by atoms with van der Waals surface area (Å²) in [6.07, 6.45) is 2.02. The predicted octanol–water partition coefficient (Wildman–Crippen LogP) is 6.27. The lowest BCUT2D eigenvalue weighted by Crippen LogP contribution is -1.94. The van der Waals surface area contributed by atoms with Crippen LogP contribution in [0.5, 0.6) is 5.75 Å². The average Bonchev–Trinajstić information content (AvgIpc) is 3.16. The lowest BCUT2D eigenvalue weighted by molar-refractivity contribution is 0.306. The number of pyridine rings is 1. The zero-order valence-corrected chi connectivity index (χ0v) is 15.6. The molecule has 5 aromatic rings. The van der Waals surface area contributed by atoms with E-state index in [0.717, 1.165) is 44.4 Å². The van der Waals surface area contributed by atoms with E-state index >= 15 is 0 Å². The van der Waals surface area contributed by atoms with E-state index in [-0.39, 0.29) is 0 Å². The number of H-pyrrole nitrogens is 1. The Kier molecular flexibility index (Phi) is 4.06. The monoisotopic (exact) mass is 364 g/mol. The molecule has 0 aliphatic heterocycles. The molecule has 0 saturated heterocycles. The lowest BCUT2D eigenvalue weighted by Gasteiger charge is -2.07. The van der Waals surface area contributed by atoms with Crippen molar-refractivity contribution < 1.29 is 4.74 Å². The van der Waals surface area contributed by atoms with Gasteiger partial charge in [-0.3, -0.25) is 0 Å². The normalized spacial score (nSPS) is 11.2. The number of nitrogens with one attached hydrogen (secondary N) is 1. The van der Waals surface area contributed by atoms with Crippen molar-refractivity contribution in [3.8, 4) is 17.0 Å². The summed E-state index contributed by atoms with van der Waals surface area (Å²) in [4.78, 5) is 8.22. The minimum absolute atomic E-state index is 0.555. The van der Waals surface area contributed by atoms with Crippen LogP contribution >= 0.6 is 0 Å². The first-order chi connectivity index (χ1) is 13.8. The van der Waals surface area contributed by atoms with Crippen LogP contribution in [0.2, 0.25) is 0 Å². The molecule has 0 fully saturated rings. The number of fused-ring (bicyclic) bond motifs is 2. The number of aromatic nitrogens is 2. The number of aryl methyl sites for hydroxylation is 1. The van der Waals surface area contributed by atoms with Crippen LogP contribution in [0.3, 0.4) is 0 Å². The van der Waals surface area contributed by atoms with Crippen molar-refractivity contribution in [2.75, 3.05) is 0 Å². The standard InChI is InChI=1S/C25H20N2O/c1-17-7-10-23-19(13-17)8-11-25(27-23)22-15-26-24-12-9-20(14-21(22)24)28-16-18-5-3-2-4-6-18/h2-15,26H,16H2,1H3. The Labute approximate surface area is 163 Å². The molecule has 5 rings (SSSR count). The summed E-state index contributed by atoms with van der Waals surface area (Å²) in [6, 6.07) is 26.9. The highest BCUT2D eigenvalue weighted by Gasteiger charge is 2.10. The van der Waals surface area contributed by atoms with Gasteiger partial charge < -0.3 is 9.72 Å². The molecule has 0 bridgehead atoms. The van der Waals surface area contributed by atoms with Crippen molar-refractivity contribution in [2.24, 2.45) is 0 Å². The van der Waals surface area contributed by atoms with Gasteiger partial charge in [0, 0.05) is 28.0 Å². The molecular weight excluding hydrogens is 344 g/mol. The number of ether oxygens (including phenoxy) is 1. The largest absolute Gasteiger partial charge is 0.489 e. The molecule has 28 heavy (non-hydrogen) atoms. The fourth-order valence-corrected chi connectivity index (χ4v) is 3.54. The van der Waals surface area contributed by atoms with Crippen LogP contribution in [0.25, 0.3) is 33.1 Å². The zero-order valence-electron chi connectivity index (χ0n) is 15.6. The van der Waals surface area contributed by atoms with Crippen LogP contribution < -0.4 is 4.74 Å². The Balaban J connectivity index is 1.50. The molecule has 3 aromatic carbocycles. The fraction of sp³-hybridized carbons (Fsp3) is 0.0800. The third-order valence-corrected chi connectivity index (χ3v) is 5.02. The van der Waals surface area contributed by atoms with Crippen molar-refractivity contribution in [2.45, 2.75) is 13.5 Å². The van der Waals surface area contributed by atoms with Crippen molar-refractivity contribution >= 4 is 21.8 Å². The van der Waals surface area contributed by atoms with Gasteiger partial charge in [-0.15, -0.1) is 0 Å². The van der Waals surface area contributed by atoms with Gasteiger partial charge in [-0.05, 0) is 48.9 Å². The zero-order chi connectivity index (χ0) is 18.9. The number of benzene rings is 3. The van der Waals surface area contributed by atoms with E-state index < -0.39 is 0 Å². The number of nitrogens with zero attached hydrogens (tertiary/aromatic N) is 1. The highest BCUT2D eigenvalue weighted by molar-refractivity contribution is 5.96. The summed E-state index contributed by atoms with van der Waals surface area (Å²) in [5.41, 5.74) is 6.53. The van der Waals surface area contributed by atoms with Crippen LogP contribution in [-0.4, -0.2) is 9.97 Å². The molecular formula is C25H20N2O.